The highest BCUT2D eigenvalue weighted by Crippen LogP contribution is 2.17. The predicted octanol–water partition coefficient (Wildman–Crippen LogP) is 3.70. The first-order valence-corrected chi connectivity index (χ1v) is 6.59. The highest BCUT2D eigenvalue weighted by Gasteiger charge is 2.06. The number of hydrogen-bond donors (Lipinski definition) is 1. The van der Waals surface area contributed by atoms with Crippen molar-refractivity contribution in [2.45, 2.75) is 20.4 Å². The van der Waals surface area contributed by atoms with Crippen molar-refractivity contribution >= 4 is 11.7 Å². The third-order valence-electron chi connectivity index (χ3n) is 3.40. The largest absolute Gasteiger partial charge is 0.465 e. The molecule has 104 valence electrons. The van der Waals surface area contributed by atoms with E-state index in [1.165, 1.54) is 23.8 Å². The smallest absolute Gasteiger partial charge is 0.337 e. The molecule has 3 heteroatoms. The summed E-state index contributed by atoms with van der Waals surface area (Å²) < 4.78 is 4.73. The van der Waals surface area contributed by atoms with Gasteiger partial charge in [0.05, 0.1) is 12.7 Å². The van der Waals surface area contributed by atoms with Gasteiger partial charge in [0.25, 0.3) is 0 Å². The number of carbonyl (C=O) groups excluding carboxylic acids is 1. The van der Waals surface area contributed by atoms with Crippen LogP contribution in [0.25, 0.3) is 0 Å². The first kappa shape index (κ1) is 14.1. The second kappa shape index (κ2) is 6.24. The molecule has 0 radical (unpaired) electrons. The fourth-order valence-electron chi connectivity index (χ4n) is 2.19. The number of rotatable bonds is 4. The number of carbonyl (C=O) groups is 1. The van der Waals surface area contributed by atoms with E-state index in [1.807, 2.05) is 12.1 Å². The molecule has 0 aliphatic heterocycles. The number of nitrogens with one attached hydrogen (secondary N) is 1. The molecule has 0 saturated heterocycles. The number of aryl methyl sites for hydroxylation is 2. The van der Waals surface area contributed by atoms with E-state index in [9.17, 15) is 4.79 Å². The molecule has 3 nitrogen and oxygen atoms in total. The number of methoxy groups -OCH3 is 1. The molecule has 0 amide bonds. The van der Waals surface area contributed by atoms with Gasteiger partial charge in [-0.15, -0.1) is 0 Å². The van der Waals surface area contributed by atoms with Crippen molar-refractivity contribution in [3.05, 3.63) is 64.7 Å². The maximum atomic E-state index is 11.5. The highest BCUT2D eigenvalue weighted by molar-refractivity contribution is 5.90. The molecular weight excluding hydrogens is 250 g/mol. The lowest BCUT2D eigenvalue weighted by Gasteiger charge is -2.12. The van der Waals surface area contributed by atoms with E-state index in [0.717, 1.165) is 12.2 Å². The first-order chi connectivity index (χ1) is 9.61. The summed E-state index contributed by atoms with van der Waals surface area (Å²) in [5.41, 5.74) is 5.29. The Labute approximate surface area is 119 Å². The van der Waals surface area contributed by atoms with E-state index in [0.29, 0.717) is 5.56 Å². The Morgan fingerprint density at radius 2 is 1.75 bits per heavy atom. The number of benzene rings is 2. The molecule has 20 heavy (non-hydrogen) atoms. The van der Waals surface area contributed by atoms with Crippen LogP contribution >= 0.6 is 0 Å². The van der Waals surface area contributed by atoms with Crippen LogP contribution in [0.4, 0.5) is 5.69 Å². The van der Waals surface area contributed by atoms with Gasteiger partial charge in [-0.25, -0.2) is 4.79 Å². The van der Waals surface area contributed by atoms with Gasteiger partial charge in [0.1, 0.15) is 0 Å². The zero-order valence-electron chi connectivity index (χ0n) is 12.1. The molecule has 0 spiro atoms. The molecular formula is C17H19NO2. The van der Waals surface area contributed by atoms with Gasteiger partial charge in [0.15, 0.2) is 0 Å². The lowest BCUT2D eigenvalue weighted by Crippen LogP contribution is -2.05. The van der Waals surface area contributed by atoms with Crippen LogP contribution in [0.3, 0.4) is 0 Å². The highest BCUT2D eigenvalue weighted by atomic mass is 16.5. The standard InChI is InChI=1S/C17H19NO2/c1-12-6-4-7-13(2)16(12)11-18-15-9-5-8-14(10-15)17(19)20-3/h4-10,18H,11H2,1-3H3. The summed E-state index contributed by atoms with van der Waals surface area (Å²) in [6.07, 6.45) is 0. The van der Waals surface area contributed by atoms with Crippen LogP contribution in [0.2, 0.25) is 0 Å². The Bertz CT molecular complexity index is 600. The van der Waals surface area contributed by atoms with E-state index in [1.54, 1.807) is 12.1 Å². The Morgan fingerprint density at radius 1 is 1.10 bits per heavy atom. The molecule has 2 aromatic carbocycles. The van der Waals surface area contributed by atoms with Crippen LogP contribution in [0.1, 0.15) is 27.0 Å². The van der Waals surface area contributed by atoms with Gasteiger partial charge >= 0.3 is 5.97 Å². The minimum absolute atomic E-state index is 0.319. The number of hydrogen-bond acceptors (Lipinski definition) is 3. The SMILES string of the molecule is COC(=O)c1cccc(NCc2c(C)cccc2C)c1. The van der Waals surface area contributed by atoms with Crippen molar-refractivity contribution in [3.63, 3.8) is 0 Å². The van der Waals surface area contributed by atoms with Crippen molar-refractivity contribution in [3.8, 4) is 0 Å². The third-order valence-corrected chi connectivity index (χ3v) is 3.40. The second-order valence-electron chi connectivity index (χ2n) is 4.80. The molecule has 0 unspecified atom stereocenters. The summed E-state index contributed by atoms with van der Waals surface area (Å²) >= 11 is 0. The zero-order chi connectivity index (χ0) is 14.5. The molecule has 0 fully saturated rings. The summed E-state index contributed by atoms with van der Waals surface area (Å²) in [6.45, 7) is 4.95. The quantitative estimate of drug-likeness (QED) is 0.860. The summed E-state index contributed by atoms with van der Waals surface area (Å²) in [4.78, 5) is 11.5. The van der Waals surface area contributed by atoms with E-state index >= 15 is 0 Å². The van der Waals surface area contributed by atoms with Gasteiger partial charge < -0.3 is 10.1 Å². The average molecular weight is 269 g/mol. The second-order valence-corrected chi connectivity index (χ2v) is 4.80. The molecule has 0 bridgehead atoms. The van der Waals surface area contributed by atoms with Gasteiger partial charge in [-0.2, -0.15) is 0 Å². The predicted molar refractivity (Wildman–Crippen MR) is 81.0 cm³/mol. The van der Waals surface area contributed by atoms with Gasteiger partial charge in [-0.1, -0.05) is 24.3 Å². The summed E-state index contributed by atoms with van der Waals surface area (Å²) in [5, 5.41) is 3.35. The first-order valence-electron chi connectivity index (χ1n) is 6.59. The average Bonchev–Trinajstić information content (AvgIpc) is 2.46. The number of esters is 1. The van der Waals surface area contributed by atoms with Crippen molar-refractivity contribution in [1.82, 2.24) is 0 Å². The Kier molecular flexibility index (Phi) is 4.41. The molecule has 0 saturated carbocycles. The van der Waals surface area contributed by atoms with Crippen LogP contribution in [0, 0.1) is 13.8 Å². The zero-order valence-corrected chi connectivity index (χ0v) is 12.1. The molecule has 0 heterocycles. The molecule has 2 aromatic rings. The summed E-state index contributed by atoms with van der Waals surface area (Å²) in [6, 6.07) is 13.6. The third kappa shape index (κ3) is 3.18. The number of anilines is 1. The molecule has 2 rings (SSSR count). The van der Waals surface area contributed by atoms with E-state index in [-0.39, 0.29) is 5.97 Å². The van der Waals surface area contributed by atoms with Gasteiger partial charge in [0.2, 0.25) is 0 Å². The molecule has 0 aliphatic carbocycles. The minimum atomic E-state index is -0.319. The fraction of sp³-hybridized carbons (Fsp3) is 0.235. The van der Waals surface area contributed by atoms with Crippen molar-refractivity contribution in [1.29, 1.82) is 0 Å². The summed E-state index contributed by atoms with van der Waals surface area (Å²) in [5.74, 6) is -0.319. The van der Waals surface area contributed by atoms with Crippen LogP contribution in [0.5, 0.6) is 0 Å². The van der Waals surface area contributed by atoms with Gasteiger partial charge in [-0.3, -0.25) is 0 Å². The van der Waals surface area contributed by atoms with Crippen LogP contribution in [-0.4, -0.2) is 13.1 Å². The summed E-state index contributed by atoms with van der Waals surface area (Å²) in [7, 11) is 1.39. The molecule has 1 N–H and O–H groups in total. The maximum Gasteiger partial charge on any atom is 0.337 e. The lowest BCUT2D eigenvalue weighted by atomic mass is 10.0. The van der Waals surface area contributed by atoms with E-state index in [4.69, 9.17) is 4.74 Å². The van der Waals surface area contributed by atoms with Gasteiger partial charge in [-0.05, 0) is 48.7 Å². The monoisotopic (exact) mass is 269 g/mol. The number of ether oxygens (including phenoxy) is 1. The fourth-order valence-corrected chi connectivity index (χ4v) is 2.19. The van der Waals surface area contributed by atoms with E-state index < -0.39 is 0 Å². The van der Waals surface area contributed by atoms with Crippen LogP contribution in [-0.2, 0) is 11.3 Å². The van der Waals surface area contributed by atoms with Gasteiger partial charge in [0, 0.05) is 12.2 Å². The van der Waals surface area contributed by atoms with Crippen LogP contribution < -0.4 is 5.32 Å². The normalized spacial score (nSPS) is 10.2. The van der Waals surface area contributed by atoms with Crippen molar-refractivity contribution in [2.24, 2.45) is 0 Å². The Balaban J connectivity index is 2.13. The van der Waals surface area contributed by atoms with Crippen molar-refractivity contribution < 1.29 is 9.53 Å². The van der Waals surface area contributed by atoms with Crippen molar-refractivity contribution in [2.75, 3.05) is 12.4 Å². The molecule has 0 atom stereocenters. The Hall–Kier alpha value is -2.29. The Morgan fingerprint density at radius 3 is 2.40 bits per heavy atom. The maximum absolute atomic E-state index is 11.5. The van der Waals surface area contributed by atoms with Crippen LogP contribution in [0.15, 0.2) is 42.5 Å². The lowest BCUT2D eigenvalue weighted by molar-refractivity contribution is 0.0601. The minimum Gasteiger partial charge on any atom is -0.465 e. The van der Waals surface area contributed by atoms with E-state index in [2.05, 4.69) is 37.4 Å². The topological polar surface area (TPSA) is 38.3 Å². The molecule has 0 aliphatic rings. The molecule has 0 aromatic heterocycles.